The number of hydrogen-bond acceptors (Lipinski definition) is 2. The molecule has 1 rings (SSSR count). The maximum absolute atomic E-state index is 3.58. The summed E-state index contributed by atoms with van der Waals surface area (Å²) < 4.78 is 0. The van der Waals surface area contributed by atoms with Crippen LogP contribution in [0.25, 0.3) is 0 Å². The second-order valence-electron chi connectivity index (χ2n) is 6.39. The van der Waals surface area contributed by atoms with Crippen LogP contribution < -0.4 is 10.2 Å². The lowest BCUT2D eigenvalue weighted by Crippen LogP contribution is -2.42. The average molecular weight is 262 g/mol. The van der Waals surface area contributed by atoms with Gasteiger partial charge < -0.3 is 10.2 Å². The predicted octanol–water partition coefficient (Wildman–Crippen LogP) is 3.85. The van der Waals surface area contributed by atoms with E-state index in [4.69, 9.17) is 0 Å². The monoisotopic (exact) mass is 262 g/mol. The number of nitrogens with zero attached hydrogens (tertiary/aromatic N) is 1. The number of aryl methyl sites for hydroxylation is 1. The van der Waals surface area contributed by atoms with Crippen LogP contribution in [0.2, 0.25) is 0 Å². The van der Waals surface area contributed by atoms with Crippen molar-refractivity contribution in [3.8, 4) is 0 Å². The molecule has 0 aliphatic rings. The van der Waals surface area contributed by atoms with Crippen LogP contribution >= 0.6 is 0 Å². The molecule has 19 heavy (non-hydrogen) atoms. The first-order valence-electron chi connectivity index (χ1n) is 7.37. The van der Waals surface area contributed by atoms with Crippen molar-refractivity contribution in [2.24, 2.45) is 5.41 Å². The molecule has 0 heterocycles. The molecule has 0 bridgehead atoms. The third kappa shape index (κ3) is 5.23. The van der Waals surface area contributed by atoms with E-state index in [0.717, 1.165) is 13.1 Å². The fourth-order valence-corrected chi connectivity index (χ4v) is 2.21. The van der Waals surface area contributed by atoms with Gasteiger partial charge in [0.05, 0.1) is 0 Å². The van der Waals surface area contributed by atoms with Gasteiger partial charge in [-0.3, -0.25) is 0 Å². The number of benzene rings is 1. The van der Waals surface area contributed by atoms with Crippen molar-refractivity contribution in [1.82, 2.24) is 5.32 Å². The van der Waals surface area contributed by atoms with Crippen LogP contribution in [0, 0.1) is 12.3 Å². The highest BCUT2D eigenvalue weighted by molar-refractivity contribution is 5.46. The molecule has 0 radical (unpaired) electrons. The van der Waals surface area contributed by atoms with Gasteiger partial charge >= 0.3 is 0 Å². The van der Waals surface area contributed by atoms with Gasteiger partial charge in [-0.15, -0.1) is 0 Å². The standard InChI is InChI=1S/C17H30N2/c1-7-17(5,12-18-14(2)3)13-19(6)16-10-8-15(4)9-11-16/h8-11,14,18H,7,12-13H2,1-6H3. The highest BCUT2D eigenvalue weighted by Crippen LogP contribution is 2.24. The van der Waals surface area contributed by atoms with Crippen LogP contribution in [-0.4, -0.2) is 26.2 Å². The lowest BCUT2D eigenvalue weighted by atomic mass is 9.86. The third-order valence-electron chi connectivity index (χ3n) is 3.88. The molecular formula is C17H30N2. The Balaban J connectivity index is 2.66. The van der Waals surface area contributed by atoms with E-state index in [1.807, 2.05) is 0 Å². The maximum Gasteiger partial charge on any atom is 0.0363 e. The van der Waals surface area contributed by atoms with Crippen LogP contribution in [0.4, 0.5) is 5.69 Å². The topological polar surface area (TPSA) is 15.3 Å². The van der Waals surface area contributed by atoms with Gasteiger partial charge in [-0.2, -0.15) is 0 Å². The van der Waals surface area contributed by atoms with Gasteiger partial charge in [0, 0.05) is 31.9 Å². The minimum atomic E-state index is 0.309. The van der Waals surface area contributed by atoms with Crippen molar-refractivity contribution in [2.75, 3.05) is 25.0 Å². The second-order valence-corrected chi connectivity index (χ2v) is 6.39. The number of rotatable bonds is 7. The summed E-state index contributed by atoms with van der Waals surface area (Å²) in [6.07, 6.45) is 1.18. The highest BCUT2D eigenvalue weighted by atomic mass is 15.1. The van der Waals surface area contributed by atoms with Gasteiger partial charge in [-0.05, 0) is 30.9 Å². The Morgan fingerprint density at radius 1 is 1.21 bits per heavy atom. The third-order valence-corrected chi connectivity index (χ3v) is 3.88. The molecule has 108 valence electrons. The molecule has 0 saturated carbocycles. The summed E-state index contributed by atoms with van der Waals surface area (Å²) in [6, 6.07) is 9.33. The van der Waals surface area contributed by atoms with Gasteiger partial charge in [0.25, 0.3) is 0 Å². The summed E-state index contributed by atoms with van der Waals surface area (Å²) in [5, 5.41) is 3.58. The van der Waals surface area contributed by atoms with Crippen molar-refractivity contribution in [2.45, 2.75) is 47.1 Å². The highest BCUT2D eigenvalue weighted by Gasteiger charge is 2.24. The normalized spacial score (nSPS) is 14.5. The van der Waals surface area contributed by atoms with E-state index in [1.54, 1.807) is 0 Å². The molecule has 0 aromatic heterocycles. The Labute approximate surface area is 119 Å². The molecule has 0 fully saturated rings. The smallest absolute Gasteiger partial charge is 0.0363 e. The van der Waals surface area contributed by atoms with Gasteiger partial charge in [0.2, 0.25) is 0 Å². The predicted molar refractivity (Wildman–Crippen MR) is 86.0 cm³/mol. The Morgan fingerprint density at radius 3 is 2.26 bits per heavy atom. The molecule has 2 heteroatoms. The number of nitrogens with one attached hydrogen (secondary N) is 1. The zero-order valence-corrected chi connectivity index (χ0v) is 13.5. The first kappa shape index (κ1) is 16.0. The zero-order chi connectivity index (χ0) is 14.5. The van der Waals surface area contributed by atoms with Crippen LogP contribution in [0.3, 0.4) is 0 Å². The van der Waals surface area contributed by atoms with Gasteiger partial charge in [-0.25, -0.2) is 0 Å². The SMILES string of the molecule is CCC(C)(CNC(C)C)CN(C)c1ccc(C)cc1. The second kappa shape index (κ2) is 6.95. The van der Waals surface area contributed by atoms with Crippen molar-refractivity contribution in [1.29, 1.82) is 0 Å². The molecule has 1 atom stereocenters. The van der Waals surface area contributed by atoms with E-state index in [-0.39, 0.29) is 0 Å². The molecule has 1 N–H and O–H groups in total. The molecule has 0 aliphatic carbocycles. The molecule has 0 saturated heterocycles. The van der Waals surface area contributed by atoms with Crippen LogP contribution in [-0.2, 0) is 0 Å². The van der Waals surface area contributed by atoms with Crippen molar-refractivity contribution < 1.29 is 0 Å². The summed E-state index contributed by atoms with van der Waals surface area (Å²) in [4.78, 5) is 2.37. The molecule has 1 unspecified atom stereocenters. The van der Waals surface area contributed by atoms with Crippen LogP contribution in [0.1, 0.15) is 39.7 Å². The van der Waals surface area contributed by atoms with Crippen molar-refractivity contribution in [3.05, 3.63) is 29.8 Å². The van der Waals surface area contributed by atoms with E-state index in [1.165, 1.54) is 17.7 Å². The Kier molecular flexibility index (Phi) is 5.86. The van der Waals surface area contributed by atoms with Crippen LogP contribution in [0.15, 0.2) is 24.3 Å². The Morgan fingerprint density at radius 2 is 1.79 bits per heavy atom. The minimum absolute atomic E-state index is 0.309. The summed E-state index contributed by atoms with van der Waals surface area (Å²) in [5.74, 6) is 0. The molecule has 0 amide bonds. The van der Waals surface area contributed by atoms with Crippen molar-refractivity contribution >= 4 is 5.69 Å². The van der Waals surface area contributed by atoms with E-state index in [2.05, 4.69) is 76.1 Å². The molecular weight excluding hydrogens is 232 g/mol. The summed E-state index contributed by atoms with van der Waals surface area (Å²) >= 11 is 0. The zero-order valence-electron chi connectivity index (χ0n) is 13.5. The molecule has 1 aromatic rings. The van der Waals surface area contributed by atoms with Gasteiger partial charge in [-0.1, -0.05) is 45.4 Å². The fourth-order valence-electron chi connectivity index (χ4n) is 2.21. The quantitative estimate of drug-likeness (QED) is 0.803. The first-order valence-corrected chi connectivity index (χ1v) is 7.37. The maximum atomic E-state index is 3.58. The van der Waals surface area contributed by atoms with E-state index >= 15 is 0 Å². The minimum Gasteiger partial charge on any atom is -0.374 e. The summed E-state index contributed by atoms with van der Waals surface area (Å²) in [6.45, 7) is 13.3. The number of anilines is 1. The van der Waals surface area contributed by atoms with Gasteiger partial charge in [0.15, 0.2) is 0 Å². The van der Waals surface area contributed by atoms with Crippen molar-refractivity contribution in [3.63, 3.8) is 0 Å². The average Bonchev–Trinajstić information content (AvgIpc) is 2.37. The molecule has 2 nitrogen and oxygen atoms in total. The molecule has 1 aromatic carbocycles. The lowest BCUT2D eigenvalue weighted by Gasteiger charge is -2.35. The number of hydrogen-bond donors (Lipinski definition) is 1. The lowest BCUT2D eigenvalue weighted by molar-refractivity contribution is 0.290. The largest absolute Gasteiger partial charge is 0.374 e. The van der Waals surface area contributed by atoms with Gasteiger partial charge in [0.1, 0.15) is 0 Å². The van der Waals surface area contributed by atoms with E-state index < -0.39 is 0 Å². The van der Waals surface area contributed by atoms with Crippen LogP contribution in [0.5, 0.6) is 0 Å². The molecule has 0 aliphatic heterocycles. The first-order chi connectivity index (χ1) is 8.86. The molecule has 0 spiro atoms. The Bertz CT molecular complexity index is 369. The Hall–Kier alpha value is -1.02. The van der Waals surface area contributed by atoms with E-state index in [0.29, 0.717) is 11.5 Å². The summed E-state index contributed by atoms with van der Waals surface area (Å²) in [7, 11) is 2.19. The fraction of sp³-hybridized carbons (Fsp3) is 0.647. The summed E-state index contributed by atoms with van der Waals surface area (Å²) in [5.41, 5.74) is 2.93. The van der Waals surface area contributed by atoms with E-state index in [9.17, 15) is 0 Å².